The molecule has 136 valence electrons. The molecule has 5 aliphatic carbocycles. The number of nitrogens with one attached hydrogen (secondary N) is 1. The van der Waals surface area contributed by atoms with Crippen molar-refractivity contribution in [2.24, 2.45) is 23.2 Å². The maximum atomic E-state index is 12.8. The molecule has 1 amide bonds. The topological polar surface area (TPSA) is 79.2 Å². The van der Waals surface area contributed by atoms with Crippen LogP contribution in [0.5, 0.6) is 0 Å². The summed E-state index contributed by atoms with van der Waals surface area (Å²) < 4.78 is 5.41. The van der Waals surface area contributed by atoms with Crippen molar-refractivity contribution in [1.82, 2.24) is 5.32 Å². The molecule has 0 aromatic carbocycles. The minimum absolute atomic E-state index is 0.205. The van der Waals surface area contributed by atoms with Crippen LogP contribution in [0.25, 0.3) is 0 Å². The summed E-state index contributed by atoms with van der Waals surface area (Å²) >= 11 is 6.75. The Hall–Kier alpha value is -1.28. The van der Waals surface area contributed by atoms with E-state index >= 15 is 0 Å². The first-order valence-corrected chi connectivity index (χ1v) is 9.72. The zero-order valence-corrected chi connectivity index (χ0v) is 15.4. The number of esters is 1. The summed E-state index contributed by atoms with van der Waals surface area (Å²) in [5.74, 6) is 0.562. The molecular formula is C19H25ClN2O3. The molecule has 0 aromatic rings. The van der Waals surface area contributed by atoms with Gasteiger partial charge in [0.2, 0.25) is 0 Å². The Morgan fingerprint density at radius 1 is 1.28 bits per heavy atom. The Bertz CT molecular complexity index is 640. The summed E-state index contributed by atoms with van der Waals surface area (Å²) in [6.07, 6.45) is 7.44. The van der Waals surface area contributed by atoms with Crippen molar-refractivity contribution in [2.75, 3.05) is 6.61 Å². The van der Waals surface area contributed by atoms with E-state index in [1.807, 2.05) is 0 Å². The standard InChI is InChI=1S/C19H25ClN2O3/c1-17(11-21,14-2-3-14)22-15(23)9-25-16(24)18-5-12-4-13(6-18)8-19(20,7-12)10-18/h12-14H,2-10H2,1H3,(H,22,23)/t12-,13-,17-,18?,19?/m0/s1. The Morgan fingerprint density at radius 3 is 2.44 bits per heavy atom. The molecule has 6 heteroatoms. The number of halogens is 1. The summed E-state index contributed by atoms with van der Waals surface area (Å²) in [6.45, 7) is 1.43. The molecule has 4 bridgehead atoms. The molecule has 0 saturated heterocycles. The molecule has 0 unspecified atom stereocenters. The lowest BCUT2D eigenvalue weighted by molar-refractivity contribution is -0.172. The van der Waals surface area contributed by atoms with E-state index in [9.17, 15) is 14.9 Å². The largest absolute Gasteiger partial charge is 0.455 e. The Morgan fingerprint density at radius 2 is 1.92 bits per heavy atom. The predicted molar refractivity (Wildman–Crippen MR) is 91.5 cm³/mol. The van der Waals surface area contributed by atoms with Gasteiger partial charge >= 0.3 is 5.97 Å². The third-order valence-corrected chi connectivity index (χ3v) is 7.22. The van der Waals surface area contributed by atoms with Crippen molar-refractivity contribution >= 4 is 23.5 Å². The van der Waals surface area contributed by atoms with Crippen LogP contribution in [0.4, 0.5) is 0 Å². The van der Waals surface area contributed by atoms with Gasteiger partial charge in [-0.1, -0.05) is 0 Å². The lowest BCUT2D eigenvalue weighted by Crippen LogP contribution is -2.56. The van der Waals surface area contributed by atoms with Crippen LogP contribution in [0.3, 0.4) is 0 Å². The van der Waals surface area contributed by atoms with E-state index in [1.54, 1.807) is 6.92 Å². The summed E-state index contributed by atoms with van der Waals surface area (Å²) in [5, 5.41) is 12.1. The van der Waals surface area contributed by atoms with Gasteiger partial charge in [-0.2, -0.15) is 5.26 Å². The number of alkyl halides is 1. The smallest absolute Gasteiger partial charge is 0.312 e. The van der Waals surface area contributed by atoms with Crippen LogP contribution in [0, 0.1) is 34.5 Å². The van der Waals surface area contributed by atoms with Crippen LogP contribution in [-0.4, -0.2) is 28.9 Å². The predicted octanol–water partition coefficient (Wildman–Crippen LogP) is 2.92. The first kappa shape index (κ1) is 17.1. The van der Waals surface area contributed by atoms with E-state index in [0.717, 1.165) is 38.5 Å². The number of hydrogen-bond acceptors (Lipinski definition) is 4. The lowest BCUT2D eigenvalue weighted by atomic mass is 9.49. The highest BCUT2D eigenvalue weighted by Crippen LogP contribution is 2.64. The third-order valence-electron chi connectivity index (χ3n) is 6.78. The first-order chi connectivity index (χ1) is 11.8. The van der Waals surface area contributed by atoms with Gasteiger partial charge < -0.3 is 10.1 Å². The van der Waals surface area contributed by atoms with E-state index in [2.05, 4.69) is 11.4 Å². The highest BCUT2D eigenvalue weighted by atomic mass is 35.5. The average Bonchev–Trinajstić information content (AvgIpc) is 3.35. The van der Waals surface area contributed by atoms with Crippen LogP contribution < -0.4 is 5.32 Å². The highest BCUT2D eigenvalue weighted by molar-refractivity contribution is 6.24. The van der Waals surface area contributed by atoms with Crippen molar-refractivity contribution in [1.29, 1.82) is 5.26 Å². The Labute approximate surface area is 153 Å². The maximum Gasteiger partial charge on any atom is 0.312 e. The second-order valence-corrected chi connectivity index (χ2v) is 9.91. The average molecular weight is 365 g/mol. The number of hydrogen-bond donors (Lipinski definition) is 1. The van der Waals surface area contributed by atoms with Gasteiger partial charge in [0.1, 0.15) is 5.54 Å². The van der Waals surface area contributed by atoms with Crippen LogP contribution in [-0.2, 0) is 14.3 Å². The molecule has 0 spiro atoms. The second-order valence-electron chi connectivity index (χ2n) is 9.10. The molecule has 3 atom stereocenters. The highest BCUT2D eigenvalue weighted by Gasteiger charge is 2.60. The summed E-state index contributed by atoms with van der Waals surface area (Å²) in [5.41, 5.74) is -1.36. The van der Waals surface area contributed by atoms with Gasteiger partial charge in [-0.05, 0) is 76.0 Å². The molecule has 1 N–H and O–H groups in total. The van der Waals surface area contributed by atoms with E-state index in [1.165, 1.54) is 6.42 Å². The monoisotopic (exact) mass is 364 g/mol. The maximum absolute atomic E-state index is 12.8. The molecule has 5 rings (SSSR count). The number of nitriles is 1. The number of ether oxygens (including phenoxy) is 1. The molecule has 0 aliphatic heterocycles. The molecular weight excluding hydrogens is 340 g/mol. The zero-order chi connectivity index (χ0) is 17.9. The van der Waals surface area contributed by atoms with E-state index in [0.29, 0.717) is 18.3 Å². The SMILES string of the molecule is C[C@@](C#N)(NC(=O)COC(=O)C12C[C@@H]3C[C@H](CC(Cl)(C3)C1)C2)C1CC1. The summed E-state index contributed by atoms with van der Waals surface area (Å²) in [6, 6.07) is 2.18. The number of nitrogens with zero attached hydrogens (tertiary/aromatic N) is 1. The van der Waals surface area contributed by atoms with Crippen molar-refractivity contribution in [3.8, 4) is 6.07 Å². The van der Waals surface area contributed by atoms with Gasteiger partial charge in [-0.3, -0.25) is 9.59 Å². The molecule has 0 aromatic heterocycles. The third kappa shape index (κ3) is 3.03. The van der Waals surface area contributed by atoms with Gasteiger partial charge in [0.25, 0.3) is 5.91 Å². The summed E-state index contributed by atoms with van der Waals surface area (Å²) in [7, 11) is 0. The number of amides is 1. The van der Waals surface area contributed by atoms with Gasteiger partial charge in [0.05, 0.1) is 11.5 Å². The van der Waals surface area contributed by atoms with Crippen molar-refractivity contribution in [2.45, 2.75) is 68.7 Å². The second kappa shape index (κ2) is 5.61. The zero-order valence-electron chi connectivity index (χ0n) is 14.6. The number of carbonyl (C=O) groups is 2. The molecule has 5 fully saturated rings. The van der Waals surface area contributed by atoms with Crippen molar-refractivity contribution in [3.63, 3.8) is 0 Å². The fraction of sp³-hybridized carbons (Fsp3) is 0.842. The van der Waals surface area contributed by atoms with Crippen LogP contribution in [0.15, 0.2) is 0 Å². The van der Waals surface area contributed by atoms with Gasteiger partial charge in [0, 0.05) is 4.87 Å². The molecule has 25 heavy (non-hydrogen) atoms. The van der Waals surface area contributed by atoms with Gasteiger partial charge in [-0.15, -0.1) is 11.6 Å². The minimum atomic E-state index is -0.857. The molecule has 5 nitrogen and oxygen atoms in total. The minimum Gasteiger partial charge on any atom is -0.455 e. The molecule has 5 saturated carbocycles. The van der Waals surface area contributed by atoms with Gasteiger partial charge in [-0.25, -0.2) is 0 Å². The van der Waals surface area contributed by atoms with E-state index in [-0.39, 0.29) is 23.4 Å². The van der Waals surface area contributed by atoms with Crippen molar-refractivity contribution < 1.29 is 14.3 Å². The normalized spacial score (nSPS) is 40.8. The first-order valence-electron chi connectivity index (χ1n) is 9.34. The molecule has 0 heterocycles. The van der Waals surface area contributed by atoms with Crippen LogP contribution in [0.1, 0.15) is 58.3 Å². The number of carbonyl (C=O) groups excluding carboxylic acids is 2. The molecule has 0 radical (unpaired) electrons. The number of rotatable bonds is 5. The fourth-order valence-electron chi connectivity index (χ4n) is 5.88. The van der Waals surface area contributed by atoms with Crippen LogP contribution >= 0.6 is 11.6 Å². The van der Waals surface area contributed by atoms with Crippen molar-refractivity contribution in [3.05, 3.63) is 0 Å². The van der Waals surface area contributed by atoms with Gasteiger partial charge in [0.15, 0.2) is 6.61 Å². The quantitative estimate of drug-likeness (QED) is 0.601. The fourth-order valence-corrected chi connectivity index (χ4v) is 6.57. The Balaban J connectivity index is 1.36. The van der Waals surface area contributed by atoms with E-state index < -0.39 is 16.9 Å². The lowest BCUT2D eigenvalue weighted by Gasteiger charge is -2.58. The van der Waals surface area contributed by atoms with E-state index in [4.69, 9.17) is 16.3 Å². The Kier molecular flexibility index (Phi) is 3.85. The van der Waals surface area contributed by atoms with Crippen LogP contribution in [0.2, 0.25) is 0 Å². The molecule has 5 aliphatic rings. The summed E-state index contributed by atoms with van der Waals surface area (Å²) in [4.78, 5) is 24.7.